The molecule has 2 rings (SSSR count). The van der Waals surface area contributed by atoms with E-state index in [0.717, 1.165) is 12.1 Å². The van der Waals surface area contributed by atoms with Crippen molar-refractivity contribution in [2.24, 2.45) is 0 Å². The molecule has 0 radical (unpaired) electrons. The van der Waals surface area contributed by atoms with E-state index in [0.29, 0.717) is 10.8 Å². The van der Waals surface area contributed by atoms with Gasteiger partial charge in [-0.1, -0.05) is 17.7 Å². The van der Waals surface area contributed by atoms with Crippen molar-refractivity contribution in [3.8, 4) is 5.75 Å². The summed E-state index contributed by atoms with van der Waals surface area (Å²) in [5.74, 6) is -0.348. The molecule has 0 aliphatic heterocycles. The minimum absolute atomic E-state index is 0.160. The van der Waals surface area contributed by atoms with Crippen LogP contribution in [0, 0.1) is 0 Å². The Labute approximate surface area is 115 Å². The van der Waals surface area contributed by atoms with E-state index in [4.69, 9.17) is 21.4 Å². The van der Waals surface area contributed by atoms with Crippen molar-refractivity contribution in [1.29, 1.82) is 0 Å². The molecule has 0 spiro atoms. The van der Waals surface area contributed by atoms with Gasteiger partial charge in [-0.25, -0.2) is 4.79 Å². The number of carbonyl (C=O) groups is 1. The number of ether oxygens (including phenoxy) is 1. The Balaban J connectivity index is 2.05. The first kappa shape index (κ1) is 13.4. The average molecular weight is 281 g/mol. The summed E-state index contributed by atoms with van der Waals surface area (Å²) in [4.78, 5) is 10.8. The van der Waals surface area contributed by atoms with Gasteiger partial charge in [-0.15, -0.1) is 0 Å². The highest BCUT2D eigenvalue weighted by atomic mass is 35.5. The Morgan fingerprint density at radius 1 is 1.53 bits per heavy atom. The van der Waals surface area contributed by atoms with Gasteiger partial charge in [0.2, 0.25) is 0 Å². The fourth-order valence-electron chi connectivity index (χ4n) is 1.55. The van der Waals surface area contributed by atoms with Gasteiger partial charge in [0.15, 0.2) is 5.75 Å². The maximum atomic E-state index is 10.8. The maximum Gasteiger partial charge on any atom is 0.335 e. The van der Waals surface area contributed by atoms with E-state index in [2.05, 4.69) is 5.10 Å². The predicted octanol–water partition coefficient (Wildman–Crippen LogP) is 2.83. The number of hydrogen-bond acceptors (Lipinski definition) is 3. The van der Waals surface area contributed by atoms with Crippen LogP contribution in [0.5, 0.6) is 5.75 Å². The van der Waals surface area contributed by atoms with Crippen LogP contribution in [0.2, 0.25) is 5.02 Å². The molecule has 1 aromatic carbocycles. The van der Waals surface area contributed by atoms with Crippen molar-refractivity contribution in [3.05, 3.63) is 46.7 Å². The molecule has 1 heterocycles. The zero-order valence-electron chi connectivity index (χ0n) is 10.3. The minimum Gasteiger partial charge on any atom is -0.486 e. The highest BCUT2D eigenvalue weighted by Gasteiger charge is 2.08. The molecule has 0 saturated carbocycles. The van der Waals surface area contributed by atoms with Crippen LogP contribution in [0.15, 0.2) is 30.6 Å². The zero-order valence-corrected chi connectivity index (χ0v) is 11.1. The van der Waals surface area contributed by atoms with Gasteiger partial charge in [-0.3, -0.25) is 4.68 Å². The van der Waals surface area contributed by atoms with Crippen molar-refractivity contribution in [3.63, 3.8) is 0 Å². The Morgan fingerprint density at radius 2 is 2.32 bits per heavy atom. The largest absolute Gasteiger partial charge is 0.486 e. The molecule has 6 heteroatoms. The van der Waals surface area contributed by atoms with Crippen LogP contribution in [-0.4, -0.2) is 20.9 Å². The smallest absolute Gasteiger partial charge is 0.335 e. The summed E-state index contributed by atoms with van der Waals surface area (Å²) >= 11 is 6.01. The zero-order chi connectivity index (χ0) is 13.8. The lowest BCUT2D eigenvalue weighted by Crippen LogP contribution is -2.00. The second-order valence-corrected chi connectivity index (χ2v) is 4.34. The molecule has 1 N–H and O–H groups in total. The van der Waals surface area contributed by atoms with E-state index < -0.39 is 5.97 Å². The number of aromatic carboxylic acids is 1. The Bertz CT molecular complexity index is 595. The van der Waals surface area contributed by atoms with Crippen LogP contribution in [0.1, 0.15) is 22.8 Å². The average Bonchev–Trinajstić information content (AvgIpc) is 2.85. The molecule has 0 aliphatic carbocycles. The van der Waals surface area contributed by atoms with Gasteiger partial charge in [0, 0.05) is 17.1 Å². The molecule has 2 aromatic rings. The number of benzene rings is 1. The summed E-state index contributed by atoms with van der Waals surface area (Å²) in [6.07, 6.45) is 3.42. The third-order valence-corrected chi connectivity index (χ3v) is 2.98. The summed E-state index contributed by atoms with van der Waals surface area (Å²) < 4.78 is 7.29. The van der Waals surface area contributed by atoms with Crippen LogP contribution in [0.3, 0.4) is 0 Å². The van der Waals surface area contributed by atoms with Crippen LogP contribution in [0.4, 0.5) is 0 Å². The lowest BCUT2D eigenvalue weighted by atomic mass is 10.1. The molecular weight excluding hydrogens is 268 g/mol. The molecule has 0 saturated heterocycles. The molecule has 0 aliphatic rings. The van der Waals surface area contributed by atoms with Crippen molar-refractivity contribution in [2.75, 3.05) is 0 Å². The number of rotatable bonds is 5. The monoisotopic (exact) mass is 280 g/mol. The topological polar surface area (TPSA) is 64.3 Å². The van der Waals surface area contributed by atoms with Crippen molar-refractivity contribution in [1.82, 2.24) is 9.78 Å². The summed E-state index contributed by atoms with van der Waals surface area (Å²) in [5, 5.41) is 13.3. The third-order valence-electron chi connectivity index (χ3n) is 2.63. The second kappa shape index (κ2) is 5.75. The van der Waals surface area contributed by atoms with Gasteiger partial charge >= 0.3 is 5.97 Å². The number of hydrogen-bond donors (Lipinski definition) is 1. The van der Waals surface area contributed by atoms with Gasteiger partial charge < -0.3 is 9.84 Å². The second-order valence-electron chi connectivity index (χ2n) is 3.93. The van der Waals surface area contributed by atoms with Gasteiger partial charge in [0.25, 0.3) is 0 Å². The van der Waals surface area contributed by atoms with Crippen molar-refractivity contribution < 1.29 is 14.6 Å². The van der Waals surface area contributed by atoms with E-state index in [1.165, 1.54) is 12.1 Å². The van der Waals surface area contributed by atoms with Crippen molar-refractivity contribution >= 4 is 17.6 Å². The number of aryl methyl sites for hydroxylation is 1. The lowest BCUT2D eigenvalue weighted by Gasteiger charge is -2.06. The Morgan fingerprint density at radius 3 is 2.89 bits per heavy atom. The van der Waals surface area contributed by atoms with E-state index in [-0.39, 0.29) is 12.2 Å². The highest BCUT2D eigenvalue weighted by molar-refractivity contribution is 6.31. The number of carboxylic acids is 1. The van der Waals surface area contributed by atoms with E-state index in [9.17, 15) is 4.79 Å². The molecule has 0 amide bonds. The molecule has 19 heavy (non-hydrogen) atoms. The van der Waals surface area contributed by atoms with E-state index in [1.54, 1.807) is 23.1 Å². The van der Waals surface area contributed by atoms with E-state index in [1.807, 2.05) is 6.92 Å². The fourth-order valence-corrected chi connectivity index (χ4v) is 1.79. The minimum atomic E-state index is -1.00. The number of aromatic nitrogens is 2. The normalized spacial score (nSPS) is 10.4. The molecule has 100 valence electrons. The fraction of sp³-hybridized carbons (Fsp3) is 0.231. The number of nitrogens with zero attached hydrogens (tertiary/aromatic N) is 2. The summed E-state index contributed by atoms with van der Waals surface area (Å²) in [6.45, 7) is 3.03. The van der Waals surface area contributed by atoms with Gasteiger partial charge in [0.05, 0.1) is 18.0 Å². The third kappa shape index (κ3) is 3.26. The number of halogens is 1. The van der Waals surface area contributed by atoms with Gasteiger partial charge in [-0.2, -0.15) is 5.10 Å². The maximum absolute atomic E-state index is 10.8. The van der Waals surface area contributed by atoms with E-state index >= 15 is 0 Å². The SMILES string of the molecule is CCn1cc(OCc2ccc(C(=O)O)cc2Cl)cn1. The highest BCUT2D eigenvalue weighted by Crippen LogP contribution is 2.20. The molecular formula is C13H13ClN2O3. The first-order valence-corrected chi connectivity index (χ1v) is 6.15. The Kier molecular flexibility index (Phi) is 4.06. The quantitative estimate of drug-likeness (QED) is 0.915. The lowest BCUT2D eigenvalue weighted by molar-refractivity contribution is 0.0697. The van der Waals surface area contributed by atoms with Gasteiger partial charge in [0.1, 0.15) is 6.61 Å². The van der Waals surface area contributed by atoms with Crippen LogP contribution in [0.25, 0.3) is 0 Å². The Hall–Kier alpha value is -2.01. The molecule has 5 nitrogen and oxygen atoms in total. The van der Waals surface area contributed by atoms with Crippen LogP contribution >= 0.6 is 11.6 Å². The molecule has 1 aromatic heterocycles. The summed E-state index contributed by atoms with van der Waals surface area (Å²) in [5.41, 5.74) is 0.892. The predicted molar refractivity (Wildman–Crippen MR) is 70.6 cm³/mol. The first-order valence-electron chi connectivity index (χ1n) is 5.77. The first-order chi connectivity index (χ1) is 9.10. The van der Waals surface area contributed by atoms with Crippen LogP contribution in [-0.2, 0) is 13.2 Å². The standard InChI is InChI=1S/C13H13ClN2O3/c1-2-16-7-11(6-15-16)19-8-10-4-3-9(13(17)18)5-12(10)14/h3-7H,2,8H2,1H3,(H,17,18). The summed E-state index contributed by atoms with van der Waals surface area (Å²) in [6, 6.07) is 4.57. The van der Waals surface area contributed by atoms with Gasteiger partial charge in [-0.05, 0) is 19.1 Å². The number of carboxylic acid groups (broad SMARTS) is 1. The van der Waals surface area contributed by atoms with Crippen molar-refractivity contribution in [2.45, 2.75) is 20.1 Å². The molecule has 0 atom stereocenters. The van der Waals surface area contributed by atoms with Crippen LogP contribution < -0.4 is 4.74 Å². The molecule has 0 bridgehead atoms. The molecule has 0 unspecified atom stereocenters. The summed E-state index contributed by atoms with van der Waals surface area (Å²) in [7, 11) is 0. The molecule has 0 fully saturated rings.